The molecule has 0 atom stereocenters. The molecule has 1 heterocycles. The number of rotatable bonds is 7. The van der Waals surface area contributed by atoms with Gasteiger partial charge in [0.2, 0.25) is 0 Å². The Morgan fingerprint density at radius 2 is 2.00 bits per heavy atom. The molecule has 0 radical (unpaired) electrons. The zero-order chi connectivity index (χ0) is 14.9. The van der Waals surface area contributed by atoms with Crippen molar-refractivity contribution < 1.29 is 9.53 Å². The number of benzene rings is 1. The van der Waals surface area contributed by atoms with Crippen LogP contribution in [0.2, 0.25) is 0 Å². The second-order valence-corrected chi connectivity index (χ2v) is 4.81. The number of pyridine rings is 1. The number of nitrogens with zero attached hydrogens (tertiary/aromatic N) is 1. The Balaban J connectivity index is 1.84. The zero-order valence-corrected chi connectivity index (χ0v) is 12.2. The molecule has 0 aliphatic carbocycles. The van der Waals surface area contributed by atoms with Crippen LogP contribution in [0.4, 0.5) is 0 Å². The Hall–Kier alpha value is -2.20. The van der Waals surface area contributed by atoms with Gasteiger partial charge in [0, 0.05) is 18.9 Å². The van der Waals surface area contributed by atoms with Gasteiger partial charge < -0.3 is 10.1 Å². The highest BCUT2D eigenvalue weighted by Crippen LogP contribution is 2.10. The summed E-state index contributed by atoms with van der Waals surface area (Å²) >= 11 is 0. The lowest BCUT2D eigenvalue weighted by atomic mass is 10.0. The van der Waals surface area contributed by atoms with Crippen molar-refractivity contribution in [3.05, 3.63) is 65.5 Å². The van der Waals surface area contributed by atoms with E-state index in [1.165, 1.54) is 12.7 Å². The minimum Gasteiger partial charge on any atom is -0.469 e. The summed E-state index contributed by atoms with van der Waals surface area (Å²) in [7, 11) is 1.41. The van der Waals surface area contributed by atoms with E-state index in [2.05, 4.69) is 16.4 Å². The van der Waals surface area contributed by atoms with Crippen LogP contribution in [0.5, 0.6) is 0 Å². The summed E-state index contributed by atoms with van der Waals surface area (Å²) in [6.45, 7) is 1.62. The molecule has 0 amide bonds. The van der Waals surface area contributed by atoms with Gasteiger partial charge >= 0.3 is 5.97 Å². The molecule has 0 bridgehead atoms. The lowest BCUT2D eigenvalue weighted by Crippen LogP contribution is -2.18. The Morgan fingerprint density at radius 1 is 1.19 bits per heavy atom. The van der Waals surface area contributed by atoms with E-state index in [-0.39, 0.29) is 5.97 Å². The Bertz CT molecular complexity index is 570. The molecule has 2 aromatic rings. The van der Waals surface area contributed by atoms with Crippen LogP contribution in [-0.4, -0.2) is 24.6 Å². The monoisotopic (exact) mass is 284 g/mol. The van der Waals surface area contributed by atoms with Crippen molar-refractivity contribution >= 4 is 5.97 Å². The Labute approximate surface area is 125 Å². The van der Waals surface area contributed by atoms with Crippen LogP contribution in [0.1, 0.15) is 16.7 Å². The van der Waals surface area contributed by atoms with Gasteiger partial charge in [-0.3, -0.25) is 9.78 Å². The number of ether oxygens (including phenoxy) is 1. The molecule has 1 N–H and O–H groups in total. The Kier molecular flexibility index (Phi) is 5.91. The first-order valence-electron chi connectivity index (χ1n) is 7.03. The second-order valence-electron chi connectivity index (χ2n) is 4.81. The molecular formula is C17H20N2O2. The number of nitrogens with one attached hydrogen (secondary N) is 1. The van der Waals surface area contributed by atoms with Crippen LogP contribution >= 0.6 is 0 Å². The molecule has 4 heteroatoms. The van der Waals surface area contributed by atoms with Crippen molar-refractivity contribution in [2.24, 2.45) is 0 Å². The average Bonchev–Trinajstić information content (AvgIpc) is 2.54. The van der Waals surface area contributed by atoms with Gasteiger partial charge in [-0.1, -0.05) is 30.3 Å². The van der Waals surface area contributed by atoms with Crippen LogP contribution in [0.25, 0.3) is 0 Å². The van der Waals surface area contributed by atoms with Crippen LogP contribution in [0, 0.1) is 0 Å². The van der Waals surface area contributed by atoms with Gasteiger partial charge in [0.05, 0.1) is 13.5 Å². The predicted octanol–water partition coefficient (Wildman–Crippen LogP) is 2.13. The molecule has 0 saturated carbocycles. The molecule has 0 saturated heterocycles. The summed E-state index contributed by atoms with van der Waals surface area (Å²) in [5.74, 6) is -0.210. The highest BCUT2D eigenvalue weighted by atomic mass is 16.5. The van der Waals surface area contributed by atoms with Crippen LogP contribution in [0.3, 0.4) is 0 Å². The average molecular weight is 284 g/mol. The first kappa shape index (κ1) is 15.2. The lowest BCUT2D eigenvalue weighted by Gasteiger charge is -2.10. The highest BCUT2D eigenvalue weighted by molar-refractivity contribution is 5.72. The summed E-state index contributed by atoms with van der Waals surface area (Å²) in [6.07, 6.45) is 4.91. The molecule has 1 aromatic carbocycles. The summed E-state index contributed by atoms with van der Waals surface area (Å²) in [4.78, 5) is 15.5. The molecule has 0 spiro atoms. The van der Waals surface area contributed by atoms with Crippen molar-refractivity contribution in [2.75, 3.05) is 13.7 Å². The van der Waals surface area contributed by atoms with Gasteiger partial charge in [0.15, 0.2) is 0 Å². The summed E-state index contributed by atoms with van der Waals surface area (Å²) in [6, 6.07) is 11.9. The number of hydrogen-bond donors (Lipinski definition) is 1. The maximum absolute atomic E-state index is 11.4. The van der Waals surface area contributed by atoms with E-state index in [1.54, 1.807) is 6.20 Å². The van der Waals surface area contributed by atoms with Crippen LogP contribution in [-0.2, 0) is 28.9 Å². The second kappa shape index (κ2) is 8.17. The van der Waals surface area contributed by atoms with Gasteiger partial charge in [-0.25, -0.2) is 0 Å². The molecule has 0 unspecified atom stereocenters. The van der Waals surface area contributed by atoms with Crippen molar-refractivity contribution in [3.63, 3.8) is 0 Å². The molecule has 110 valence electrons. The Morgan fingerprint density at radius 3 is 2.71 bits per heavy atom. The lowest BCUT2D eigenvalue weighted by molar-refractivity contribution is -0.139. The first-order chi connectivity index (χ1) is 10.3. The minimum absolute atomic E-state index is 0.210. The largest absolute Gasteiger partial charge is 0.469 e. The number of aromatic nitrogens is 1. The van der Waals surface area contributed by atoms with Crippen molar-refractivity contribution in [1.29, 1.82) is 0 Å². The molecule has 0 aliphatic heterocycles. The zero-order valence-electron chi connectivity index (χ0n) is 12.2. The van der Waals surface area contributed by atoms with E-state index in [9.17, 15) is 4.79 Å². The molecule has 0 fully saturated rings. The van der Waals surface area contributed by atoms with Crippen molar-refractivity contribution in [3.8, 4) is 0 Å². The van der Waals surface area contributed by atoms with E-state index in [0.717, 1.165) is 30.6 Å². The standard InChI is InChI=1S/C17H20N2O2/c1-21-17(20)11-15-6-2-3-7-16(15)13-19-10-8-14-5-4-9-18-12-14/h2-7,9,12,19H,8,10-11,13H2,1H3. The highest BCUT2D eigenvalue weighted by Gasteiger charge is 2.07. The van der Waals surface area contributed by atoms with Crippen LogP contribution < -0.4 is 5.32 Å². The number of methoxy groups -OCH3 is 1. The normalized spacial score (nSPS) is 10.3. The molecule has 4 nitrogen and oxygen atoms in total. The van der Waals surface area contributed by atoms with E-state index in [0.29, 0.717) is 6.42 Å². The van der Waals surface area contributed by atoms with Gasteiger partial charge in [-0.15, -0.1) is 0 Å². The quantitative estimate of drug-likeness (QED) is 0.625. The molecule has 1 aromatic heterocycles. The maximum atomic E-state index is 11.4. The minimum atomic E-state index is -0.210. The van der Waals surface area contributed by atoms with Crippen LogP contribution in [0.15, 0.2) is 48.8 Å². The van der Waals surface area contributed by atoms with Crippen molar-refractivity contribution in [2.45, 2.75) is 19.4 Å². The van der Waals surface area contributed by atoms with Crippen molar-refractivity contribution in [1.82, 2.24) is 10.3 Å². The fourth-order valence-corrected chi connectivity index (χ4v) is 2.13. The number of esters is 1. The summed E-state index contributed by atoms with van der Waals surface area (Å²) < 4.78 is 4.73. The van der Waals surface area contributed by atoms with Gasteiger partial charge in [-0.2, -0.15) is 0 Å². The topological polar surface area (TPSA) is 51.2 Å². The first-order valence-corrected chi connectivity index (χ1v) is 7.03. The third kappa shape index (κ3) is 5.00. The fourth-order valence-electron chi connectivity index (χ4n) is 2.13. The maximum Gasteiger partial charge on any atom is 0.309 e. The fraction of sp³-hybridized carbons (Fsp3) is 0.294. The number of carbonyl (C=O) groups is 1. The van der Waals surface area contributed by atoms with E-state index >= 15 is 0 Å². The predicted molar refractivity (Wildman–Crippen MR) is 81.8 cm³/mol. The summed E-state index contributed by atoms with van der Waals surface area (Å²) in [5.41, 5.74) is 3.36. The third-order valence-corrected chi connectivity index (χ3v) is 3.31. The third-order valence-electron chi connectivity index (χ3n) is 3.31. The van der Waals surface area contributed by atoms with E-state index < -0.39 is 0 Å². The SMILES string of the molecule is COC(=O)Cc1ccccc1CNCCc1cccnc1. The number of carbonyl (C=O) groups excluding carboxylic acids is 1. The van der Waals surface area contributed by atoms with Gasteiger partial charge in [0.25, 0.3) is 0 Å². The van der Waals surface area contributed by atoms with Gasteiger partial charge in [-0.05, 0) is 35.7 Å². The molecule has 2 rings (SSSR count). The molecular weight excluding hydrogens is 264 g/mol. The molecule has 21 heavy (non-hydrogen) atoms. The number of hydrogen-bond acceptors (Lipinski definition) is 4. The smallest absolute Gasteiger partial charge is 0.309 e. The summed E-state index contributed by atoms with van der Waals surface area (Å²) in [5, 5.41) is 3.40. The van der Waals surface area contributed by atoms with Gasteiger partial charge in [0.1, 0.15) is 0 Å². The van der Waals surface area contributed by atoms with E-state index in [4.69, 9.17) is 4.74 Å². The van der Waals surface area contributed by atoms with E-state index in [1.807, 2.05) is 36.5 Å². The molecule has 0 aliphatic rings.